The molecule has 1 fully saturated rings. The third kappa shape index (κ3) is 5.11. The number of likely N-dealkylation sites (tertiary alicyclic amines) is 1. The normalized spacial score (nSPS) is 15.6. The summed E-state index contributed by atoms with van der Waals surface area (Å²) in [5.74, 6) is 0.353. The second kappa shape index (κ2) is 10.5. The fourth-order valence-corrected chi connectivity index (χ4v) is 4.93. The lowest BCUT2D eigenvalue weighted by Crippen LogP contribution is -2.40. The molecule has 0 bridgehead atoms. The second-order valence-corrected chi connectivity index (χ2v) is 9.60. The molecule has 2 N–H and O–H groups in total. The van der Waals surface area contributed by atoms with Gasteiger partial charge in [-0.3, -0.25) is 9.59 Å². The maximum Gasteiger partial charge on any atom is 0.246 e. The molecule has 1 amide bonds. The minimum Gasteiger partial charge on any atom is -0.383 e. The number of ketones is 1. The molecular formula is C28H27ClN6O2. The first-order valence-electron chi connectivity index (χ1n) is 12.2. The molecule has 0 radical (unpaired) electrons. The van der Waals surface area contributed by atoms with Crippen molar-refractivity contribution in [2.75, 3.05) is 18.8 Å². The Morgan fingerprint density at radius 3 is 2.59 bits per heavy atom. The number of hydrogen-bond donors (Lipinski definition) is 1. The van der Waals surface area contributed by atoms with Crippen LogP contribution in [0.1, 0.15) is 41.2 Å². The summed E-state index contributed by atoms with van der Waals surface area (Å²) >= 11 is 5.92. The van der Waals surface area contributed by atoms with Crippen molar-refractivity contribution in [3.05, 3.63) is 83.7 Å². The van der Waals surface area contributed by atoms with Crippen LogP contribution in [0.5, 0.6) is 0 Å². The first kappa shape index (κ1) is 24.6. The first-order valence-corrected chi connectivity index (χ1v) is 12.6. The molecule has 9 heteroatoms. The predicted octanol–water partition coefficient (Wildman–Crippen LogP) is 4.89. The van der Waals surface area contributed by atoms with Gasteiger partial charge in [0.15, 0.2) is 11.4 Å². The van der Waals surface area contributed by atoms with Crippen molar-refractivity contribution in [3.63, 3.8) is 0 Å². The maximum atomic E-state index is 12.5. The molecule has 1 aliphatic heterocycles. The molecule has 2 aromatic heterocycles. The number of nitrogens with zero attached hydrogens (tertiary/aromatic N) is 5. The van der Waals surface area contributed by atoms with Crippen LogP contribution in [0.2, 0.25) is 5.02 Å². The number of Topliss-reactive ketones (excluding diaryl/α,β-unsaturated/α-hetero) is 1. The van der Waals surface area contributed by atoms with E-state index in [4.69, 9.17) is 22.4 Å². The van der Waals surface area contributed by atoms with Crippen LogP contribution in [0, 0.1) is 0 Å². The third-order valence-corrected chi connectivity index (χ3v) is 7.03. The van der Waals surface area contributed by atoms with Crippen molar-refractivity contribution >= 4 is 40.1 Å². The molecule has 0 spiro atoms. The zero-order chi connectivity index (χ0) is 25.9. The molecule has 188 valence electrons. The van der Waals surface area contributed by atoms with Gasteiger partial charge in [-0.25, -0.2) is 14.6 Å². The molecule has 1 unspecified atom stereocenters. The zero-order valence-corrected chi connectivity index (χ0v) is 21.1. The first-order chi connectivity index (χ1) is 17.9. The summed E-state index contributed by atoms with van der Waals surface area (Å²) in [6.45, 7) is 4.85. The number of nitrogen functional groups attached to an aromatic ring is 1. The van der Waals surface area contributed by atoms with Gasteiger partial charge in [0.25, 0.3) is 0 Å². The number of anilines is 1. The van der Waals surface area contributed by atoms with Crippen LogP contribution in [0.25, 0.3) is 22.3 Å². The Morgan fingerprint density at radius 1 is 1.11 bits per heavy atom. The van der Waals surface area contributed by atoms with E-state index in [0.29, 0.717) is 59.1 Å². The summed E-state index contributed by atoms with van der Waals surface area (Å²) in [5, 5.41) is 6.22. The van der Waals surface area contributed by atoms with Crippen LogP contribution in [-0.2, 0) is 11.2 Å². The smallest absolute Gasteiger partial charge is 0.246 e. The molecule has 1 saturated heterocycles. The fourth-order valence-electron chi connectivity index (χ4n) is 4.80. The number of carbonyl (C=O) groups is 2. The lowest BCUT2D eigenvalue weighted by atomic mass is 10.0. The molecular weight excluding hydrogens is 488 g/mol. The Morgan fingerprint density at radius 2 is 1.86 bits per heavy atom. The Kier molecular flexibility index (Phi) is 7.01. The van der Waals surface area contributed by atoms with E-state index in [1.807, 2.05) is 28.9 Å². The number of hydrogen-bond acceptors (Lipinski definition) is 6. The summed E-state index contributed by atoms with van der Waals surface area (Å²) in [7, 11) is 0. The van der Waals surface area contributed by atoms with E-state index in [1.165, 1.54) is 12.4 Å². The summed E-state index contributed by atoms with van der Waals surface area (Å²) < 4.78 is 1.88. The maximum absolute atomic E-state index is 12.5. The number of amides is 1. The van der Waals surface area contributed by atoms with E-state index in [1.54, 1.807) is 29.2 Å². The molecule has 37 heavy (non-hydrogen) atoms. The van der Waals surface area contributed by atoms with E-state index >= 15 is 0 Å². The van der Waals surface area contributed by atoms with Crippen LogP contribution in [0.4, 0.5) is 5.82 Å². The van der Waals surface area contributed by atoms with Gasteiger partial charge in [0.05, 0.1) is 11.4 Å². The summed E-state index contributed by atoms with van der Waals surface area (Å²) in [5.41, 5.74) is 10.2. The van der Waals surface area contributed by atoms with E-state index in [2.05, 4.69) is 16.5 Å². The number of aryl methyl sites for hydroxylation is 1. The van der Waals surface area contributed by atoms with Gasteiger partial charge >= 0.3 is 0 Å². The van der Waals surface area contributed by atoms with Crippen LogP contribution < -0.4 is 5.73 Å². The SMILES string of the molecule is C=CC(=O)N1CCCC(n2nc(-c3ccc(CCC(=O)c4ccc(Cl)cc4)cc3)c3c(N)ncnc32)C1. The van der Waals surface area contributed by atoms with Gasteiger partial charge in [-0.15, -0.1) is 0 Å². The van der Waals surface area contributed by atoms with Crippen LogP contribution in [0.3, 0.4) is 0 Å². The monoisotopic (exact) mass is 514 g/mol. The van der Waals surface area contributed by atoms with E-state index in [-0.39, 0.29) is 17.7 Å². The van der Waals surface area contributed by atoms with Gasteiger partial charge < -0.3 is 10.6 Å². The van der Waals surface area contributed by atoms with Gasteiger partial charge in [0, 0.05) is 35.7 Å². The highest BCUT2D eigenvalue weighted by Gasteiger charge is 2.28. The molecule has 0 saturated carbocycles. The number of aromatic nitrogens is 4. The molecule has 8 nitrogen and oxygen atoms in total. The minimum absolute atomic E-state index is 0.0265. The van der Waals surface area contributed by atoms with Crippen molar-refractivity contribution in [3.8, 4) is 11.3 Å². The van der Waals surface area contributed by atoms with E-state index in [0.717, 1.165) is 24.0 Å². The van der Waals surface area contributed by atoms with Crippen molar-refractivity contribution in [2.24, 2.45) is 0 Å². The second-order valence-electron chi connectivity index (χ2n) is 9.16. The van der Waals surface area contributed by atoms with E-state index in [9.17, 15) is 9.59 Å². The number of rotatable bonds is 7. The summed E-state index contributed by atoms with van der Waals surface area (Å²) in [6.07, 6.45) is 5.56. The Labute approximate surface area is 219 Å². The third-order valence-electron chi connectivity index (χ3n) is 6.78. The minimum atomic E-state index is -0.0827. The molecule has 1 aliphatic rings. The molecule has 0 aliphatic carbocycles. The number of carbonyl (C=O) groups excluding carboxylic acids is 2. The van der Waals surface area contributed by atoms with Crippen molar-refractivity contribution < 1.29 is 9.59 Å². The van der Waals surface area contributed by atoms with Gasteiger partial charge in [0.2, 0.25) is 5.91 Å². The highest BCUT2D eigenvalue weighted by atomic mass is 35.5. The van der Waals surface area contributed by atoms with Gasteiger partial charge in [-0.2, -0.15) is 5.10 Å². The van der Waals surface area contributed by atoms with Gasteiger partial charge in [-0.1, -0.05) is 42.4 Å². The summed E-state index contributed by atoms with van der Waals surface area (Å²) in [6, 6.07) is 14.9. The highest BCUT2D eigenvalue weighted by molar-refractivity contribution is 6.30. The molecule has 4 aromatic rings. The number of piperidine rings is 1. The number of halogens is 1. The molecule has 3 heterocycles. The zero-order valence-electron chi connectivity index (χ0n) is 20.3. The lowest BCUT2D eigenvalue weighted by Gasteiger charge is -2.32. The Bertz CT molecular complexity index is 1460. The lowest BCUT2D eigenvalue weighted by molar-refractivity contribution is -0.127. The Hall–Kier alpha value is -4.04. The van der Waals surface area contributed by atoms with Gasteiger partial charge in [0.1, 0.15) is 17.8 Å². The standard InChI is InChI=1S/C28H27ClN6O2/c1-2-24(37)34-15-3-4-22(16-34)35-28-25(27(30)31-17-32-28)26(33-35)20-8-5-18(6-9-20)7-14-23(36)19-10-12-21(29)13-11-19/h2,5-6,8-13,17,22H,1,3-4,7,14-16H2,(H2,30,31,32). The fraction of sp³-hybridized carbons (Fsp3) is 0.250. The van der Waals surface area contributed by atoms with Crippen molar-refractivity contribution in [2.45, 2.75) is 31.7 Å². The predicted molar refractivity (Wildman–Crippen MR) is 144 cm³/mol. The van der Waals surface area contributed by atoms with Crippen molar-refractivity contribution in [1.82, 2.24) is 24.6 Å². The topological polar surface area (TPSA) is 107 Å². The molecule has 1 atom stereocenters. The molecule has 5 rings (SSSR count). The Balaban J connectivity index is 1.39. The average Bonchev–Trinajstić information content (AvgIpc) is 3.33. The number of nitrogens with two attached hydrogens (primary N) is 1. The van der Waals surface area contributed by atoms with Crippen molar-refractivity contribution in [1.29, 1.82) is 0 Å². The quantitative estimate of drug-likeness (QED) is 0.278. The molecule has 2 aromatic carbocycles. The number of fused-ring (bicyclic) bond motifs is 1. The van der Waals surface area contributed by atoms with Crippen LogP contribution >= 0.6 is 11.6 Å². The average molecular weight is 515 g/mol. The van der Waals surface area contributed by atoms with Crippen LogP contribution in [-0.4, -0.2) is 49.4 Å². The van der Waals surface area contributed by atoms with Crippen LogP contribution in [0.15, 0.2) is 67.5 Å². The van der Waals surface area contributed by atoms with Gasteiger partial charge in [-0.05, 0) is 55.2 Å². The van der Waals surface area contributed by atoms with E-state index < -0.39 is 0 Å². The summed E-state index contributed by atoms with van der Waals surface area (Å²) in [4.78, 5) is 35.2. The number of benzene rings is 2. The largest absolute Gasteiger partial charge is 0.383 e. The highest BCUT2D eigenvalue weighted by Crippen LogP contribution is 2.34.